The lowest BCUT2D eigenvalue weighted by molar-refractivity contribution is -0.118. The van der Waals surface area contributed by atoms with E-state index in [2.05, 4.69) is 10.3 Å². The second-order valence-corrected chi connectivity index (χ2v) is 2.99. The number of nitrogens with one attached hydrogen (secondary N) is 1. The number of carbonyl (C=O) groups is 1. The maximum absolute atomic E-state index is 11.1. The number of Topliss-reactive ketones (excluding diaryl/α,β-unsaturated/α-hetero) is 1. The molecule has 1 aromatic rings. The number of hydrogen-bond donors (Lipinski definition) is 1. The molecule has 62 valence electrons. The first-order valence-corrected chi connectivity index (χ1v) is 3.98. The molecule has 0 fully saturated rings. The first-order chi connectivity index (χ1) is 5.79. The third kappa shape index (κ3) is 0.978. The van der Waals surface area contributed by atoms with Crippen molar-refractivity contribution in [2.45, 2.75) is 12.8 Å². The van der Waals surface area contributed by atoms with Crippen LogP contribution >= 0.6 is 0 Å². The van der Waals surface area contributed by atoms with Crippen LogP contribution in [-0.4, -0.2) is 17.3 Å². The molecule has 2 heterocycles. The Balaban J connectivity index is 2.42. The highest BCUT2D eigenvalue weighted by Crippen LogP contribution is 2.29. The fourth-order valence-electron chi connectivity index (χ4n) is 1.52. The van der Waals surface area contributed by atoms with Gasteiger partial charge in [0.2, 0.25) is 0 Å². The summed E-state index contributed by atoms with van der Waals surface area (Å²) in [5.74, 6) is 1.07. The zero-order valence-electron chi connectivity index (χ0n) is 6.87. The van der Waals surface area contributed by atoms with Crippen LogP contribution in [-0.2, 0) is 4.79 Å². The summed E-state index contributed by atoms with van der Waals surface area (Å²) in [5, 5.41) is 3.10. The number of ketones is 1. The van der Waals surface area contributed by atoms with Crippen LogP contribution in [0.1, 0.15) is 18.4 Å². The second kappa shape index (κ2) is 2.59. The van der Waals surface area contributed by atoms with Crippen molar-refractivity contribution in [1.82, 2.24) is 4.98 Å². The molecule has 0 radical (unpaired) electrons. The van der Waals surface area contributed by atoms with E-state index in [9.17, 15) is 4.79 Å². The Bertz CT molecular complexity index is 322. The third-order valence-corrected chi connectivity index (χ3v) is 2.18. The highest BCUT2D eigenvalue weighted by molar-refractivity contribution is 5.87. The van der Waals surface area contributed by atoms with Crippen molar-refractivity contribution >= 4 is 11.6 Å². The summed E-state index contributed by atoms with van der Waals surface area (Å²) in [6.45, 7) is 2.32. The minimum atomic E-state index is 0.00806. The molecule has 0 saturated carbocycles. The van der Waals surface area contributed by atoms with E-state index in [1.54, 1.807) is 13.1 Å². The average Bonchev–Trinajstić information content (AvgIpc) is 2.47. The molecule has 0 bridgehead atoms. The lowest BCUT2D eigenvalue weighted by Gasteiger charge is -2.02. The van der Waals surface area contributed by atoms with Crippen LogP contribution in [0.4, 0.5) is 5.82 Å². The molecule has 1 aromatic heterocycles. The summed E-state index contributed by atoms with van der Waals surface area (Å²) in [5.41, 5.74) is 1.03. The van der Waals surface area contributed by atoms with E-state index in [0.29, 0.717) is 6.54 Å². The SMILES string of the molecule is CC(=O)C1CNc2ncccc21. The van der Waals surface area contributed by atoms with E-state index in [1.807, 2.05) is 12.1 Å². The Morgan fingerprint density at radius 2 is 2.58 bits per heavy atom. The Hall–Kier alpha value is -1.38. The molecule has 2 rings (SSSR count). The van der Waals surface area contributed by atoms with Gasteiger partial charge in [0.1, 0.15) is 11.6 Å². The van der Waals surface area contributed by atoms with Crippen molar-refractivity contribution in [3.8, 4) is 0 Å². The first-order valence-electron chi connectivity index (χ1n) is 3.98. The summed E-state index contributed by atoms with van der Waals surface area (Å²) in [6, 6.07) is 3.82. The molecule has 3 heteroatoms. The third-order valence-electron chi connectivity index (χ3n) is 2.18. The molecule has 1 aliphatic rings. The van der Waals surface area contributed by atoms with E-state index in [0.717, 1.165) is 11.4 Å². The Kier molecular flexibility index (Phi) is 1.57. The normalized spacial score (nSPS) is 19.9. The Labute approximate surface area is 70.8 Å². The number of nitrogens with zero attached hydrogens (tertiary/aromatic N) is 1. The maximum Gasteiger partial charge on any atom is 0.139 e. The quantitative estimate of drug-likeness (QED) is 0.674. The zero-order chi connectivity index (χ0) is 8.55. The monoisotopic (exact) mass is 162 g/mol. The summed E-state index contributed by atoms with van der Waals surface area (Å²) < 4.78 is 0. The van der Waals surface area contributed by atoms with E-state index in [-0.39, 0.29) is 11.7 Å². The molecular formula is C9H10N2O. The van der Waals surface area contributed by atoms with Gasteiger partial charge in [0.15, 0.2) is 0 Å². The highest BCUT2D eigenvalue weighted by Gasteiger charge is 2.25. The maximum atomic E-state index is 11.1. The van der Waals surface area contributed by atoms with E-state index < -0.39 is 0 Å². The zero-order valence-corrected chi connectivity index (χ0v) is 6.87. The summed E-state index contributed by atoms with van der Waals surface area (Å²) >= 11 is 0. The van der Waals surface area contributed by atoms with Gasteiger partial charge >= 0.3 is 0 Å². The van der Waals surface area contributed by atoms with Crippen LogP contribution in [0.3, 0.4) is 0 Å². The number of anilines is 1. The van der Waals surface area contributed by atoms with Crippen molar-refractivity contribution in [3.63, 3.8) is 0 Å². The summed E-state index contributed by atoms with van der Waals surface area (Å²) in [6.07, 6.45) is 1.73. The predicted octanol–water partition coefficient (Wildman–Crippen LogP) is 1.18. The van der Waals surface area contributed by atoms with Crippen LogP contribution in [0.2, 0.25) is 0 Å². The van der Waals surface area contributed by atoms with Gasteiger partial charge in [0.25, 0.3) is 0 Å². The number of carbonyl (C=O) groups excluding carboxylic acids is 1. The van der Waals surface area contributed by atoms with Crippen LogP contribution in [0.5, 0.6) is 0 Å². The van der Waals surface area contributed by atoms with Crippen molar-refractivity contribution in [2.75, 3.05) is 11.9 Å². The van der Waals surface area contributed by atoms with Gasteiger partial charge in [-0.3, -0.25) is 4.79 Å². The predicted molar refractivity (Wildman–Crippen MR) is 46.1 cm³/mol. The van der Waals surface area contributed by atoms with Gasteiger partial charge in [-0.15, -0.1) is 0 Å². The second-order valence-electron chi connectivity index (χ2n) is 2.99. The topological polar surface area (TPSA) is 42.0 Å². The Morgan fingerprint density at radius 3 is 3.33 bits per heavy atom. The molecule has 0 amide bonds. The fourth-order valence-corrected chi connectivity index (χ4v) is 1.52. The molecule has 1 unspecified atom stereocenters. The molecule has 0 aromatic carbocycles. The summed E-state index contributed by atoms with van der Waals surface area (Å²) in [4.78, 5) is 15.3. The van der Waals surface area contributed by atoms with Gasteiger partial charge in [-0.25, -0.2) is 4.98 Å². The number of hydrogen-bond acceptors (Lipinski definition) is 3. The molecule has 12 heavy (non-hydrogen) atoms. The van der Waals surface area contributed by atoms with Crippen molar-refractivity contribution < 1.29 is 4.79 Å². The molecule has 0 saturated heterocycles. The Morgan fingerprint density at radius 1 is 1.75 bits per heavy atom. The van der Waals surface area contributed by atoms with E-state index in [4.69, 9.17) is 0 Å². The van der Waals surface area contributed by atoms with Crippen LogP contribution < -0.4 is 5.32 Å². The first kappa shape index (κ1) is 7.28. The molecule has 1 N–H and O–H groups in total. The van der Waals surface area contributed by atoms with Gasteiger partial charge in [0, 0.05) is 18.3 Å². The summed E-state index contributed by atoms with van der Waals surface area (Å²) in [7, 11) is 0. The molecule has 0 spiro atoms. The molecule has 1 atom stereocenters. The van der Waals surface area contributed by atoms with Crippen LogP contribution in [0, 0.1) is 0 Å². The van der Waals surface area contributed by atoms with Crippen LogP contribution in [0.15, 0.2) is 18.3 Å². The molecular weight excluding hydrogens is 152 g/mol. The fraction of sp³-hybridized carbons (Fsp3) is 0.333. The smallest absolute Gasteiger partial charge is 0.139 e. The van der Waals surface area contributed by atoms with E-state index >= 15 is 0 Å². The number of aromatic nitrogens is 1. The standard InChI is InChI=1S/C9H10N2O/c1-6(12)8-5-11-9-7(8)3-2-4-10-9/h2-4,8H,5H2,1H3,(H,10,11). The van der Waals surface area contributed by atoms with Crippen molar-refractivity contribution in [1.29, 1.82) is 0 Å². The largest absolute Gasteiger partial charge is 0.369 e. The minimum absolute atomic E-state index is 0.00806. The lowest BCUT2D eigenvalue weighted by Crippen LogP contribution is -2.10. The highest BCUT2D eigenvalue weighted by atomic mass is 16.1. The lowest BCUT2D eigenvalue weighted by atomic mass is 10.00. The van der Waals surface area contributed by atoms with Crippen molar-refractivity contribution in [2.24, 2.45) is 0 Å². The van der Waals surface area contributed by atoms with Gasteiger partial charge in [0.05, 0.1) is 5.92 Å². The minimum Gasteiger partial charge on any atom is -0.369 e. The van der Waals surface area contributed by atoms with Gasteiger partial charge < -0.3 is 5.32 Å². The number of fused-ring (bicyclic) bond motifs is 1. The molecule has 1 aliphatic heterocycles. The molecule has 3 nitrogen and oxygen atoms in total. The van der Waals surface area contributed by atoms with E-state index in [1.165, 1.54) is 0 Å². The molecule has 0 aliphatic carbocycles. The number of rotatable bonds is 1. The van der Waals surface area contributed by atoms with Crippen molar-refractivity contribution in [3.05, 3.63) is 23.9 Å². The van der Waals surface area contributed by atoms with Gasteiger partial charge in [-0.2, -0.15) is 0 Å². The average molecular weight is 162 g/mol. The van der Waals surface area contributed by atoms with Gasteiger partial charge in [-0.1, -0.05) is 6.07 Å². The number of pyridine rings is 1. The van der Waals surface area contributed by atoms with Gasteiger partial charge in [-0.05, 0) is 13.0 Å². The van der Waals surface area contributed by atoms with Crippen LogP contribution in [0.25, 0.3) is 0 Å².